The molecule has 2 rings (SSSR count). The summed E-state index contributed by atoms with van der Waals surface area (Å²) in [4.78, 5) is 2.34. The first-order chi connectivity index (χ1) is 7.58. The van der Waals surface area contributed by atoms with E-state index >= 15 is 0 Å². The van der Waals surface area contributed by atoms with E-state index in [1.54, 1.807) is 0 Å². The molecular weight excluding hydrogens is 290 g/mol. The van der Waals surface area contributed by atoms with E-state index in [4.69, 9.17) is 0 Å². The van der Waals surface area contributed by atoms with Crippen LogP contribution in [0.2, 0.25) is 0 Å². The number of halogens is 1. The second kappa shape index (κ2) is 4.98. The molecular formula is C10H16BrN3OS. The van der Waals surface area contributed by atoms with E-state index in [1.165, 1.54) is 5.69 Å². The Kier molecular flexibility index (Phi) is 3.81. The topological polar surface area (TPSA) is 38.1 Å². The normalized spacial score (nSPS) is 19.2. The van der Waals surface area contributed by atoms with Gasteiger partial charge in [-0.2, -0.15) is 5.10 Å². The smallest absolute Gasteiger partial charge is 0.0739 e. The summed E-state index contributed by atoms with van der Waals surface area (Å²) in [5.41, 5.74) is 2.23. The molecule has 4 nitrogen and oxygen atoms in total. The minimum Gasteiger partial charge on any atom is -0.296 e. The fourth-order valence-electron chi connectivity index (χ4n) is 1.90. The third-order valence-corrected chi connectivity index (χ3v) is 5.21. The van der Waals surface area contributed by atoms with Crippen molar-refractivity contribution in [2.45, 2.75) is 13.5 Å². The molecule has 0 spiro atoms. The molecule has 0 saturated carbocycles. The summed E-state index contributed by atoms with van der Waals surface area (Å²) >= 11 is 3.57. The lowest BCUT2D eigenvalue weighted by atomic mass is 10.3. The first-order valence-electron chi connectivity index (χ1n) is 5.33. The number of hydrogen-bond acceptors (Lipinski definition) is 3. The van der Waals surface area contributed by atoms with Crippen LogP contribution >= 0.6 is 15.9 Å². The maximum Gasteiger partial charge on any atom is 0.0739 e. The zero-order valence-corrected chi connectivity index (χ0v) is 12.0. The third-order valence-electron chi connectivity index (χ3n) is 2.91. The Labute approximate surface area is 107 Å². The van der Waals surface area contributed by atoms with E-state index in [2.05, 4.69) is 25.9 Å². The molecule has 0 amide bonds. The molecule has 6 heteroatoms. The average Bonchev–Trinajstić information content (AvgIpc) is 2.48. The van der Waals surface area contributed by atoms with Crippen LogP contribution in [0.25, 0.3) is 0 Å². The highest BCUT2D eigenvalue weighted by molar-refractivity contribution is 9.10. The first kappa shape index (κ1) is 12.3. The predicted molar refractivity (Wildman–Crippen MR) is 68.8 cm³/mol. The number of nitrogens with zero attached hydrogens (tertiary/aromatic N) is 3. The molecule has 1 aliphatic heterocycles. The summed E-state index contributed by atoms with van der Waals surface area (Å²) in [5, 5.41) is 4.37. The standard InChI is InChI=1S/C10H16BrN3OS/c1-8-10(11)9(13(2)12-8)7-14-3-5-16(15)6-4-14/h3-7H2,1-2H3. The fourth-order valence-corrected chi connectivity index (χ4v) is 3.49. The number of rotatable bonds is 2. The van der Waals surface area contributed by atoms with Gasteiger partial charge in [0, 0.05) is 49.0 Å². The molecule has 1 saturated heterocycles. The molecule has 16 heavy (non-hydrogen) atoms. The summed E-state index contributed by atoms with van der Waals surface area (Å²) in [7, 11) is 1.37. The molecule has 1 fully saturated rings. The monoisotopic (exact) mass is 305 g/mol. The van der Waals surface area contributed by atoms with Gasteiger partial charge in [0.1, 0.15) is 0 Å². The molecule has 0 N–H and O–H groups in total. The molecule has 0 aliphatic carbocycles. The lowest BCUT2D eigenvalue weighted by molar-refractivity contribution is 0.283. The molecule has 0 bridgehead atoms. The zero-order valence-electron chi connectivity index (χ0n) is 9.57. The molecule has 1 aliphatic rings. The lowest BCUT2D eigenvalue weighted by Gasteiger charge is -2.26. The van der Waals surface area contributed by atoms with Crippen molar-refractivity contribution in [3.63, 3.8) is 0 Å². The van der Waals surface area contributed by atoms with Crippen molar-refractivity contribution in [3.05, 3.63) is 15.9 Å². The third kappa shape index (κ3) is 2.55. The van der Waals surface area contributed by atoms with Gasteiger partial charge >= 0.3 is 0 Å². The van der Waals surface area contributed by atoms with E-state index in [0.717, 1.165) is 41.3 Å². The van der Waals surface area contributed by atoms with Crippen LogP contribution in [0.3, 0.4) is 0 Å². The van der Waals surface area contributed by atoms with E-state index < -0.39 is 10.8 Å². The van der Waals surface area contributed by atoms with Gasteiger partial charge in [-0.3, -0.25) is 13.8 Å². The second-order valence-corrected chi connectivity index (χ2v) is 6.58. The highest BCUT2D eigenvalue weighted by Crippen LogP contribution is 2.22. The highest BCUT2D eigenvalue weighted by Gasteiger charge is 2.18. The van der Waals surface area contributed by atoms with Gasteiger partial charge in [-0.05, 0) is 22.9 Å². The van der Waals surface area contributed by atoms with Gasteiger partial charge in [-0.15, -0.1) is 0 Å². The van der Waals surface area contributed by atoms with Gasteiger partial charge in [-0.1, -0.05) is 0 Å². The molecule has 0 atom stereocenters. The Hall–Kier alpha value is -0.200. The van der Waals surface area contributed by atoms with Gasteiger partial charge in [0.25, 0.3) is 0 Å². The summed E-state index contributed by atoms with van der Waals surface area (Å²) in [6.07, 6.45) is 0. The molecule has 1 aromatic heterocycles. The summed E-state index contributed by atoms with van der Waals surface area (Å²) < 4.78 is 14.3. The van der Waals surface area contributed by atoms with Gasteiger partial charge in [0.2, 0.25) is 0 Å². The van der Waals surface area contributed by atoms with Crippen molar-refractivity contribution < 1.29 is 4.21 Å². The molecule has 2 heterocycles. The van der Waals surface area contributed by atoms with Gasteiger partial charge < -0.3 is 0 Å². The van der Waals surface area contributed by atoms with Crippen LogP contribution in [0.5, 0.6) is 0 Å². The molecule has 1 aromatic rings. The Balaban J connectivity index is 2.06. The minimum absolute atomic E-state index is 0.600. The van der Waals surface area contributed by atoms with Crippen LogP contribution in [-0.4, -0.2) is 43.5 Å². The van der Waals surface area contributed by atoms with Crippen molar-refractivity contribution in [2.75, 3.05) is 24.6 Å². The maximum atomic E-state index is 11.3. The van der Waals surface area contributed by atoms with E-state index in [-0.39, 0.29) is 0 Å². The number of aromatic nitrogens is 2. The Morgan fingerprint density at radius 2 is 2.06 bits per heavy atom. The van der Waals surface area contributed by atoms with Crippen LogP contribution in [-0.2, 0) is 24.4 Å². The van der Waals surface area contributed by atoms with E-state index in [0.29, 0.717) is 0 Å². The fraction of sp³-hybridized carbons (Fsp3) is 0.700. The first-order valence-corrected chi connectivity index (χ1v) is 7.61. The van der Waals surface area contributed by atoms with Crippen molar-refractivity contribution >= 4 is 26.7 Å². The van der Waals surface area contributed by atoms with Gasteiger partial charge in [0.05, 0.1) is 15.9 Å². The summed E-state index contributed by atoms with van der Waals surface area (Å²) in [6.45, 7) is 4.72. The van der Waals surface area contributed by atoms with Crippen LogP contribution < -0.4 is 0 Å². The van der Waals surface area contributed by atoms with E-state index in [1.807, 2.05) is 18.7 Å². The SMILES string of the molecule is Cc1nn(C)c(CN2CCS(=O)CC2)c1Br. The van der Waals surface area contributed by atoms with Gasteiger partial charge in [-0.25, -0.2) is 0 Å². The van der Waals surface area contributed by atoms with Crippen molar-refractivity contribution in [1.29, 1.82) is 0 Å². The minimum atomic E-state index is -0.600. The Bertz CT molecular complexity index is 408. The highest BCUT2D eigenvalue weighted by atomic mass is 79.9. The Morgan fingerprint density at radius 3 is 2.56 bits per heavy atom. The Morgan fingerprint density at radius 1 is 1.44 bits per heavy atom. The van der Waals surface area contributed by atoms with Gasteiger partial charge in [0.15, 0.2) is 0 Å². The van der Waals surface area contributed by atoms with Crippen molar-refractivity contribution in [2.24, 2.45) is 7.05 Å². The van der Waals surface area contributed by atoms with Crippen molar-refractivity contribution in [3.8, 4) is 0 Å². The quantitative estimate of drug-likeness (QED) is 0.820. The number of hydrogen-bond donors (Lipinski definition) is 0. The maximum absolute atomic E-state index is 11.3. The van der Waals surface area contributed by atoms with Crippen LogP contribution in [0.4, 0.5) is 0 Å². The molecule has 0 aromatic carbocycles. The second-order valence-electron chi connectivity index (χ2n) is 4.09. The zero-order chi connectivity index (χ0) is 11.7. The van der Waals surface area contributed by atoms with Crippen LogP contribution in [0.1, 0.15) is 11.4 Å². The van der Waals surface area contributed by atoms with Crippen LogP contribution in [0, 0.1) is 6.92 Å². The van der Waals surface area contributed by atoms with Crippen molar-refractivity contribution in [1.82, 2.24) is 14.7 Å². The van der Waals surface area contributed by atoms with E-state index in [9.17, 15) is 4.21 Å². The molecule has 90 valence electrons. The lowest BCUT2D eigenvalue weighted by Crippen LogP contribution is -2.37. The number of aryl methyl sites for hydroxylation is 2. The predicted octanol–water partition coefficient (Wildman–Crippen LogP) is 1.06. The summed E-state index contributed by atoms with van der Waals surface area (Å²) in [5.74, 6) is 1.60. The average molecular weight is 306 g/mol. The van der Waals surface area contributed by atoms with Crippen LogP contribution in [0.15, 0.2) is 4.47 Å². The largest absolute Gasteiger partial charge is 0.296 e. The molecule has 0 radical (unpaired) electrons. The summed E-state index contributed by atoms with van der Waals surface area (Å²) in [6, 6.07) is 0. The molecule has 0 unspecified atom stereocenters.